The molecule has 2 aliphatic rings. The maximum Gasteiger partial charge on any atom is 0.253 e. The molecule has 0 aromatic heterocycles. The highest BCUT2D eigenvalue weighted by molar-refractivity contribution is 6.13. The highest BCUT2D eigenvalue weighted by Crippen LogP contribution is 2.20. The Bertz CT molecular complexity index is 801. The van der Waals surface area contributed by atoms with E-state index in [9.17, 15) is 19.2 Å². The van der Waals surface area contributed by atoms with Gasteiger partial charge in [-0.15, -0.1) is 0 Å². The Labute approximate surface area is 227 Å². The second kappa shape index (κ2) is 16.0. The number of ether oxygens (including phenoxy) is 3. The minimum atomic E-state index is -0.388. The SMILES string of the molecule is CC(C)(CCOCCNC(=O)CCN1C(=O)C=CC1=O)OCCC(C)(C)OCCC(=O)NC1CCCCC1. The minimum absolute atomic E-state index is 0.0632. The van der Waals surface area contributed by atoms with Crippen LogP contribution in [0.15, 0.2) is 12.2 Å². The minimum Gasteiger partial charge on any atom is -0.380 e. The number of hydrogen-bond donors (Lipinski definition) is 2. The Morgan fingerprint density at radius 1 is 0.842 bits per heavy atom. The van der Waals surface area contributed by atoms with Crippen LogP contribution in [0.2, 0.25) is 0 Å². The van der Waals surface area contributed by atoms with Crippen molar-refractivity contribution in [1.82, 2.24) is 15.5 Å². The van der Waals surface area contributed by atoms with Crippen molar-refractivity contribution < 1.29 is 33.4 Å². The van der Waals surface area contributed by atoms with E-state index in [0.717, 1.165) is 17.7 Å². The number of hydrogen-bond acceptors (Lipinski definition) is 7. The molecule has 2 N–H and O–H groups in total. The van der Waals surface area contributed by atoms with Crippen molar-refractivity contribution in [3.8, 4) is 0 Å². The van der Waals surface area contributed by atoms with Gasteiger partial charge in [-0.1, -0.05) is 19.3 Å². The lowest BCUT2D eigenvalue weighted by atomic mass is 9.95. The molecule has 1 aliphatic heterocycles. The maximum absolute atomic E-state index is 12.2. The summed E-state index contributed by atoms with van der Waals surface area (Å²) in [6, 6.07) is 0.325. The summed E-state index contributed by atoms with van der Waals surface area (Å²) in [5.41, 5.74) is -0.760. The van der Waals surface area contributed by atoms with Crippen molar-refractivity contribution >= 4 is 23.6 Å². The zero-order valence-corrected chi connectivity index (χ0v) is 23.6. The molecule has 1 saturated carbocycles. The fourth-order valence-corrected chi connectivity index (χ4v) is 4.32. The van der Waals surface area contributed by atoms with E-state index in [1.165, 1.54) is 31.4 Å². The molecule has 1 aliphatic carbocycles. The summed E-state index contributed by atoms with van der Waals surface area (Å²) in [5, 5.41) is 5.85. The number of carbonyl (C=O) groups excluding carboxylic acids is 4. The van der Waals surface area contributed by atoms with Crippen molar-refractivity contribution in [3.05, 3.63) is 12.2 Å². The average molecular weight is 538 g/mol. The largest absolute Gasteiger partial charge is 0.380 e. The normalized spacial score (nSPS) is 16.8. The fraction of sp³-hybridized carbons (Fsp3) is 0.786. The molecule has 4 amide bonds. The van der Waals surface area contributed by atoms with E-state index >= 15 is 0 Å². The number of imide groups is 1. The third kappa shape index (κ3) is 13.0. The Morgan fingerprint density at radius 3 is 2.11 bits per heavy atom. The summed E-state index contributed by atoms with van der Waals surface area (Å²) in [6.07, 6.45) is 10.1. The molecular formula is C28H47N3O7. The molecule has 216 valence electrons. The van der Waals surface area contributed by atoms with E-state index in [1.807, 2.05) is 27.7 Å². The van der Waals surface area contributed by atoms with Gasteiger partial charge in [-0.3, -0.25) is 24.1 Å². The highest BCUT2D eigenvalue weighted by atomic mass is 16.5. The Kier molecular flexibility index (Phi) is 13.4. The number of nitrogens with one attached hydrogen (secondary N) is 2. The van der Waals surface area contributed by atoms with E-state index < -0.39 is 0 Å². The molecule has 1 fully saturated rings. The van der Waals surface area contributed by atoms with Crippen LogP contribution in [-0.4, -0.2) is 85.3 Å². The first-order chi connectivity index (χ1) is 18.0. The first-order valence-corrected chi connectivity index (χ1v) is 13.9. The Balaban J connectivity index is 1.47. The van der Waals surface area contributed by atoms with Gasteiger partial charge in [0.1, 0.15) is 0 Å². The monoisotopic (exact) mass is 537 g/mol. The highest BCUT2D eigenvalue weighted by Gasteiger charge is 2.25. The fourth-order valence-electron chi connectivity index (χ4n) is 4.32. The van der Waals surface area contributed by atoms with Crippen LogP contribution < -0.4 is 10.6 Å². The first-order valence-electron chi connectivity index (χ1n) is 13.9. The lowest BCUT2D eigenvalue weighted by Gasteiger charge is -2.30. The summed E-state index contributed by atoms with van der Waals surface area (Å²) in [5.74, 6) is -0.945. The smallest absolute Gasteiger partial charge is 0.253 e. The second-order valence-corrected chi connectivity index (χ2v) is 11.2. The van der Waals surface area contributed by atoms with Crippen molar-refractivity contribution in [1.29, 1.82) is 0 Å². The van der Waals surface area contributed by atoms with E-state index in [4.69, 9.17) is 14.2 Å². The van der Waals surface area contributed by atoms with Crippen LogP contribution in [0.25, 0.3) is 0 Å². The molecule has 10 heteroatoms. The first kappa shape index (κ1) is 31.9. The van der Waals surface area contributed by atoms with Crippen molar-refractivity contribution in [3.63, 3.8) is 0 Å². The van der Waals surface area contributed by atoms with Crippen molar-refractivity contribution in [2.75, 3.05) is 39.5 Å². The summed E-state index contributed by atoms with van der Waals surface area (Å²) >= 11 is 0. The number of rotatable bonds is 18. The van der Waals surface area contributed by atoms with Gasteiger partial charge in [0.15, 0.2) is 0 Å². The molecule has 1 heterocycles. The number of carbonyl (C=O) groups is 4. The van der Waals surface area contributed by atoms with Crippen LogP contribution in [0.1, 0.15) is 85.5 Å². The van der Waals surface area contributed by atoms with Gasteiger partial charge in [0, 0.05) is 50.7 Å². The predicted molar refractivity (Wildman–Crippen MR) is 143 cm³/mol. The number of nitrogens with zero attached hydrogens (tertiary/aromatic N) is 1. The van der Waals surface area contributed by atoms with Crippen LogP contribution in [0, 0.1) is 0 Å². The van der Waals surface area contributed by atoms with Crippen molar-refractivity contribution in [2.24, 2.45) is 0 Å². The molecule has 0 unspecified atom stereocenters. The maximum atomic E-state index is 12.2. The quantitative estimate of drug-likeness (QED) is 0.204. The summed E-state index contributed by atoms with van der Waals surface area (Å²) in [7, 11) is 0. The van der Waals surface area contributed by atoms with E-state index in [2.05, 4.69) is 10.6 Å². The van der Waals surface area contributed by atoms with Gasteiger partial charge in [0.05, 0.1) is 31.0 Å². The average Bonchev–Trinajstić information content (AvgIpc) is 3.17. The van der Waals surface area contributed by atoms with Crippen LogP contribution >= 0.6 is 0 Å². The molecule has 0 spiro atoms. The zero-order valence-electron chi connectivity index (χ0n) is 23.6. The van der Waals surface area contributed by atoms with Crippen LogP contribution in [-0.2, 0) is 33.4 Å². The van der Waals surface area contributed by atoms with Crippen molar-refractivity contribution in [2.45, 2.75) is 103 Å². The topological polar surface area (TPSA) is 123 Å². The molecule has 0 aromatic carbocycles. The van der Waals surface area contributed by atoms with E-state index in [0.29, 0.717) is 58.3 Å². The molecular weight excluding hydrogens is 490 g/mol. The Morgan fingerprint density at radius 2 is 1.45 bits per heavy atom. The lowest BCUT2D eigenvalue weighted by Crippen LogP contribution is -2.37. The van der Waals surface area contributed by atoms with Gasteiger partial charge in [0.25, 0.3) is 11.8 Å². The van der Waals surface area contributed by atoms with Crippen LogP contribution in [0.5, 0.6) is 0 Å². The second-order valence-electron chi connectivity index (χ2n) is 11.2. The molecule has 38 heavy (non-hydrogen) atoms. The molecule has 0 radical (unpaired) electrons. The van der Waals surface area contributed by atoms with Crippen LogP contribution in [0.3, 0.4) is 0 Å². The molecule has 0 atom stereocenters. The van der Waals surface area contributed by atoms with Gasteiger partial charge in [0.2, 0.25) is 11.8 Å². The summed E-state index contributed by atoms with van der Waals surface area (Å²) < 4.78 is 17.7. The van der Waals surface area contributed by atoms with Crippen LogP contribution in [0.4, 0.5) is 0 Å². The third-order valence-electron chi connectivity index (χ3n) is 6.87. The summed E-state index contributed by atoms with van der Waals surface area (Å²) in [6.45, 7) is 10.2. The summed E-state index contributed by atoms with van der Waals surface area (Å²) in [4.78, 5) is 48.1. The number of amides is 4. The van der Waals surface area contributed by atoms with Gasteiger partial charge in [-0.05, 0) is 53.4 Å². The Hall–Kier alpha value is -2.30. The third-order valence-corrected chi connectivity index (χ3v) is 6.87. The van der Waals surface area contributed by atoms with Gasteiger partial charge < -0.3 is 24.8 Å². The molecule has 2 rings (SSSR count). The molecule has 0 saturated heterocycles. The van der Waals surface area contributed by atoms with E-state index in [1.54, 1.807) is 0 Å². The molecule has 10 nitrogen and oxygen atoms in total. The van der Waals surface area contributed by atoms with Gasteiger partial charge in [-0.2, -0.15) is 0 Å². The lowest BCUT2D eigenvalue weighted by molar-refractivity contribution is -0.137. The predicted octanol–water partition coefficient (Wildman–Crippen LogP) is 2.64. The molecule has 0 bridgehead atoms. The van der Waals surface area contributed by atoms with E-state index in [-0.39, 0.29) is 47.8 Å². The van der Waals surface area contributed by atoms with Gasteiger partial charge >= 0.3 is 0 Å². The standard InChI is InChI=1S/C28H47N3O7/c1-27(2,14-19-36-21-16-29-23(32)12-17-31-25(34)10-11-26(31)35)38-20-15-28(3,4)37-18-13-24(33)30-22-8-6-5-7-9-22/h10-11,22H,5-9,12-21H2,1-4H3,(H,29,32)(H,30,33). The zero-order chi connectivity index (χ0) is 28.0. The van der Waals surface area contributed by atoms with Gasteiger partial charge in [-0.25, -0.2) is 0 Å². The molecule has 0 aromatic rings.